The van der Waals surface area contributed by atoms with Crippen molar-refractivity contribution in [1.29, 1.82) is 0 Å². The van der Waals surface area contributed by atoms with Crippen LogP contribution in [0.4, 0.5) is 0 Å². The van der Waals surface area contributed by atoms with Crippen LogP contribution in [0.25, 0.3) is 11.0 Å². The van der Waals surface area contributed by atoms with Crippen LogP contribution < -0.4 is 5.63 Å². The van der Waals surface area contributed by atoms with Gasteiger partial charge in [0.25, 0.3) is 5.91 Å². The first-order chi connectivity index (χ1) is 10.0. The fourth-order valence-corrected chi connectivity index (χ4v) is 1.89. The molecule has 1 amide bonds. The molecule has 0 spiro atoms. The summed E-state index contributed by atoms with van der Waals surface area (Å²) in [4.78, 5) is 36.6. The lowest BCUT2D eigenvalue weighted by Gasteiger charge is -2.15. The van der Waals surface area contributed by atoms with Crippen LogP contribution in [0.5, 0.6) is 0 Å². The van der Waals surface area contributed by atoms with Crippen molar-refractivity contribution in [2.75, 3.05) is 20.2 Å². The quantitative estimate of drug-likeness (QED) is 0.628. The standard InChI is InChI=1S/C15H15NO5/c1-3-20-13(17)9-16(2)14(18)11-8-10-6-4-5-7-12(10)21-15(11)19/h4-8H,3,9H2,1-2H3. The topological polar surface area (TPSA) is 76.8 Å². The molecule has 1 aromatic carbocycles. The summed E-state index contributed by atoms with van der Waals surface area (Å²) in [5, 5.41) is 0.644. The van der Waals surface area contributed by atoms with Crippen LogP contribution >= 0.6 is 0 Å². The predicted octanol–water partition coefficient (Wildman–Crippen LogP) is 1.43. The number of rotatable bonds is 4. The average molecular weight is 289 g/mol. The number of fused-ring (bicyclic) bond motifs is 1. The van der Waals surface area contributed by atoms with E-state index in [4.69, 9.17) is 9.15 Å². The first-order valence-corrected chi connectivity index (χ1v) is 6.47. The van der Waals surface area contributed by atoms with Crippen molar-refractivity contribution >= 4 is 22.8 Å². The minimum absolute atomic E-state index is 0.111. The summed E-state index contributed by atoms with van der Waals surface area (Å²) in [6.07, 6.45) is 0. The van der Waals surface area contributed by atoms with Crippen molar-refractivity contribution in [3.63, 3.8) is 0 Å². The smallest absolute Gasteiger partial charge is 0.349 e. The molecule has 0 unspecified atom stereocenters. The molecule has 1 aromatic heterocycles. The van der Waals surface area contributed by atoms with Crippen molar-refractivity contribution in [3.05, 3.63) is 46.3 Å². The molecule has 6 heteroatoms. The first kappa shape index (κ1) is 14.8. The average Bonchev–Trinajstić information content (AvgIpc) is 2.46. The van der Waals surface area contributed by atoms with E-state index in [0.29, 0.717) is 11.0 Å². The van der Waals surface area contributed by atoms with Gasteiger partial charge in [-0.2, -0.15) is 0 Å². The van der Waals surface area contributed by atoms with E-state index in [1.54, 1.807) is 31.2 Å². The Morgan fingerprint density at radius 1 is 1.29 bits per heavy atom. The van der Waals surface area contributed by atoms with E-state index in [-0.39, 0.29) is 18.7 Å². The number of carbonyl (C=O) groups excluding carboxylic acids is 2. The molecule has 0 bridgehead atoms. The summed E-state index contributed by atoms with van der Waals surface area (Å²) in [6.45, 7) is 1.69. The van der Waals surface area contributed by atoms with Gasteiger partial charge in [-0.15, -0.1) is 0 Å². The molecule has 0 saturated heterocycles. The predicted molar refractivity (Wildman–Crippen MR) is 76.1 cm³/mol. The fourth-order valence-electron chi connectivity index (χ4n) is 1.89. The van der Waals surface area contributed by atoms with Crippen molar-refractivity contribution in [2.45, 2.75) is 6.92 Å². The van der Waals surface area contributed by atoms with Crippen LogP contribution in [0.2, 0.25) is 0 Å². The molecular weight excluding hydrogens is 274 g/mol. The van der Waals surface area contributed by atoms with Gasteiger partial charge in [-0.05, 0) is 19.1 Å². The Labute approximate surface area is 120 Å². The Morgan fingerprint density at radius 2 is 2.00 bits per heavy atom. The highest BCUT2D eigenvalue weighted by Gasteiger charge is 2.20. The minimum atomic E-state index is -0.727. The Kier molecular flexibility index (Phi) is 4.37. The third-order valence-corrected chi connectivity index (χ3v) is 2.89. The number of likely N-dealkylation sites (N-methyl/N-ethyl adjacent to an activating group) is 1. The van der Waals surface area contributed by atoms with Gasteiger partial charge in [-0.25, -0.2) is 4.79 Å². The number of nitrogens with zero attached hydrogens (tertiary/aromatic N) is 1. The fraction of sp³-hybridized carbons (Fsp3) is 0.267. The number of hydrogen-bond acceptors (Lipinski definition) is 5. The van der Waals surface area contributed by atoms with Crippen LogP contribution in [0.3, 0.4) is 0 Å². The summed E-state index contributed by atoms with van der Waals surface area (Å²) >= 11 is 0. The SMILES string of the molecule is CCOC(=O)CN(C)C(=O)c1cc2ccccc2oc1=O. The number of benzene rings is 1. The number of hydrogen-bond donors (Lipinski definition) is 0. The molecule has 0 fully saturated rings. The van der Waals surface area contributed by atoms with E-state index in [1.165, 1.54) is 13.1 Å². The molecule has 0 saturated carbocycles. The Morgan fingerprint density at radius 3 is 2.71 bits per heavy atom. The second-order valence-electron chi connectivity index (χ2n) is 4.45. The van der Waals surface area contributed by atoms with Gasteiger partial charge >= 0.3 is 11.6 Å². The third-order valence-electron chi connectivity index (χ3n) is 2.89. The molecule has 2 aromatic rings. The number of carbonyl (C=O) groups is 2. The molecular formula is C15H15NO5. The molecule has 21 heavy (non-hydrogen) atoms. The van der Waals surface area contributed by atoms with Crippen molar-refractivity contribution in [1.82, 2.24) is 4.90 Å². The van der Waals surface area contributed by atoms with Gasteiger partial charge in [0.2, 0.25) is 0 Å². The lowest BCUT2D eigenvalue weighted by atomic mass is 10.1. The molecule has 0 radical (unpaired) electrons. The summed E-state index contributed by atoms with van der Waals surface area (Å²) in [6, 6.07) is 8.36. The normalized spacial score (nSPS) is 10.4. The Hall–Kier alpha value is -2.63. The molecule has 0 N–H and O–H groups in total. The second-order valence-corrected chi connectivity index (χ2v) is 4.45. The van der Waals surface area contributed by atoms with Gasteiger partial charge in [-0.3, -0.25) is 9.59 Å². The van der Waals surface area contributed by atoms with Crippen molar-refractivity contribution in [2.24, 2.45) is 0 Å². The van der Waals surface area contributed by atoms with Gasteiger partial charge < -0.3 is 14.1 Å². The lowest BCUT2D eigenvalue weighted by Crippen LogP contribution is -2.35. The second kappa shape index (κ2) is 6.21. The van der Waals surface area contributed by atoms with Crippen LogP contribution in [0.15, 0.2) is 39.5 Å². The highest BCUT2D eigenvalue weighted by Crippen LogP contribution is 2.13. The molecule has 2 rings (SSSR count). The molecule has 6 nitrogen and oxygen atoms in total. The summed E-state index contributed by atoms with van der Waals surface area (Å²) < 4.78 is 9.86. The summed E-state index contributed by atoms with van der Waals surface area (Å²) in [7, 11) is 1.42. The molecule has 0 atom stereocenters. The van der Waals surface area contributed by atoms with Gasteiger partial charge in [0, 0.05) is 12.4 Å². The van der Waals surface area contributed by atoms with E-state index in [1.807, 2.05) is 0 Å². The van der Waals surface area contributed by atoms with E-state index in [0.717, 1.165) is 4.90 Å². The molecule has 0 aliphatic heterocycles. The maximum absolute atomic E-state index is 12.2. The maximum atomic E-state index is 12.2. The zero-order valence-corrected chi connectivity index (χ0v) is 11.8. The number of para-hydroxylation sites is 1. The van der Waals surface area contributed by atoms with E-state index in [2.05, 4.69) is 0 Å². The maximum Gasteiger partial charge on any atom is 0.349 e. The van der Waals surface area contributed by atoms with E-state index in [9.17, 15) is 14.4 Å². The Balaban J connectivity index is 2.28. The minimum Gasteiger partial charge on any atom is -0.465 e. The van der Waals surface area contributed by atoms with Crippen molar-refractivity contribution in [3.8, 4) is 0 Å². The molecule has 0 aliphatic carbocycles. The van der Waals surface area contributed by atoms with Gasteiger partial charge in [0.1, 0.15) is 17.7 Å². The van der Waals surface area contributed by atoms with Gasteiger partial charge in [-0.1, -0.05) is 18.2 Å². The first-order valence-electron chi connectivity index (χ1n) is 6.47. The van der Waals surface area contributed by atoms with Crippen LogP contribution in [-0.4, -0.2) is 37.0 Å². The van der Waals surface area contributed by atoms with Gasteiger partial charge in [0.05, 0.1) is 6.61 Å². The van der Waals surface area contributed by atoms with E-state index >= 15 is 0 Å². The van der Waals surface area contributed by atoms with Crippen LogP contribution in [0.1, 0.15) is 17.3 Å². The van der Waals surface area contributed by atoms with Crippen molar-refractivity contribution < 1.29 is 18.7 Å². The van der Waals surface area contributed by atoms with E-state index < -0.39 is 17.5 Å². The zero-order valence-electron chi connectivity index (χ0n) is 11.8. The molecule has 1 heterocycles. The highest BCUT2D eigenvalue weighted by molar-refractivity contribution is 5.97. The monoisotopic (exact) mass is 289 g/mol. The largest absolute Gasteiger partial charge is 0.465 e. The Bertz CT molecular complexity index is 734. The zero-order chi connectivity index (χ0) is 15.4. The van der Waals surface area contributed by atoms with Gasteiger partial charge in [0.15, 0.2) is 0 Å². The highest BCUT2D eigenvalue weighted by atomic mass is 16.5. The summed E-state index contributed by atoms with van der Waals surface area (Å²) in [5.74, 6) is -1.11. The third kappa shape index (κ3) is 3.28. The number of ether oxygens (including phenoxy) is 1. The summed E-state index contributed by atoms with van der Waals surface area (Å²) in [5.41, 5.74) is -0.429. The van der Waals surface area contributed by atoms with Crippen LogP contribution in [0, 0.1) is 0 Å². The molecule has 110 valence electrons. The number of amides is 1. The molecule has 0 aliphatic rings. The lowest BCUT2D eigenvalue weighted by molar-refractivity contribution is -0.143. The number of esters is 1. The van der Waals surface area contributed by atoms with Crippen LogP contribution in [-0.2, 0) is 9.53 Å².